The molecule has 1 unspecified atom stereocenters. The number of hydrogen-bond acceptors (Lipinski definition) is 8. The van der Waals surface area contributed by atoms with E-state index in [-0.39, 0.29) is 12.5 Å². The first-order valence-corrected chi connectivity index (χ1v) is 17.3. The lowest BCUT2D eigenvalue weighted by Gasteiger charge is -2.36. The lowest BCUT2D eigenvalue weighted by Crippen LogP contribution is -2.47. The number of para-hydroxylation sites is 1. The third-order valence-corrected chi connectivity index (χ3v) is 9.63. The molecule has 50 heavy (non-hydrogen) atoms. The van der Waals surface area contributed by atoms with E-state index in [1.54, 1.807) is 18.2 Å². The first-order chi connectivity index (χ1) is 23.9. The number of carbonyl (C=O) groups is 2. The van der Waals surface area contributed by atoms with Gasteiger partial charge in [0.25, 0.3) is 0 Å². The number of alkyl halides is 3. The number of rotatable bonds is 10. The number of anilines is 3. The number of nitrogens with one attached hydrogen (secondary N) is 1. The highest BCUT2D eigenvalue weighted by Crippen LogP contribution is 2.49. The highest BCUT2D eigenvalue weighted by molar-refractivity contribution is 7.99. The first kappa shape index (κ1) is 37.0. The van der Waals surface area contributed by atoms with Crippen molar-refractivity contribution in [2.45, 2.75) is 42.3 Å². The van der Waals surface area contributed by atoms with Crippen molar-refractivity contribution in [1.82, 2.24) is 9.80 Å². The van der Waals surface area contributed by atoms with Gasteiger partial charge < -0.3 is 30.1 Å². The number of amides is 1. The van der Waals surface area contributed by atoms with Gasteiger partial charge in [-0.15, -0.1) is 0 Å². The Kier molecular flexibility index (Phi) is 12.3. The number of benzene rings is 4. The highest BCUT2D eigenvalue weighted by atomic mass is 32.2. The molecule has 0 aromatic heterocycles. The SMILES string of the molecule is CC(=O)Nc1cc2ccccc2cc1OC(C)C(=O)O.OCCN1CCN(CCCN2c3ccccc3Sc3ccc(C(F)(F)F)cc32)CC1. The molecular formula is C37H41F3N4O5S. The maximum atomic E-state index is 13.3. The summed E-state index contributed by atoms with van der Waals surface area (Å²) in [6, 6.07) is 23.0. The Hall–Kier alpha value is -4.30. The van der Waals surface area contributed by atoms with Crippen LogP contribution in [-0.2, 0) is 15.8 Å². The van der Waals surface area contributed by atoms with E-state index in [2.05, 4.69) is 15.1 Å². The predicted octanol–water partition coefficient (Wildman–Crippen LogP) is 6.96. The minimum Gasteiger partial charge on any atom is -0.479 e. The molecular weight excluding hydrogens is 669 g/mol. The second-order valence-corrected chi connectivity index (χ2v) is 13.2. The van der Waals surface area contributed by atoms with E-state index in [0.717, 1.165) is 65.4 Å². The molecule has 3 N–H and O–H groups in total. The number of carbonyl (C=O) groups excluding carboxylic acids is 1. The molecule has 1 amide bonds. The van der Waals surface area contributed by atoms with Crippen molar-refractivity contribution in [3.05, 3.63) is 84.4 Å². The average molecular weight is 711 g/mol. The fourth-order valence-electron chi connectivity index (χ4n) is 5.92. The van der Waals surface area contributed by atoms with Crippen LogP contribution in [0.1, 0.15) is 25.8 Å². The highest BCUT2D eigenvalue weighted by Gasteiger charge is 2.33. The van der Waals surface area contributed by atoms with E-state index in [1.165, 1.54) is 37.7 Å². The van der Waals surface area contributed by atoms with Gasteiger partial charge in [-0.2, -0.15) is 13.2 Å². The number of fused-ring (bicyclic) bond motifs is 3. The summed E-state index contributed by atoms with van der Waals surface area (Å²) in [5.74, 6) is -0.964. The normalized spacial score (nSPS) is 15.4. The minimum atomic E-state index is -4.35. The summed E-state index contributed by atoms with van der Waals surface area (Å²) in [5.41, 5.74) is 1.47. The summed E-state index contributed by atoms with van der Waals surface area (Å²) in [6.45, 7) is 9.12. The Morgan fingerprint density at radius 3 is 2.12 bits per heavy atom. The number of carboxylic acid groups (broad SMARTS) is 1. The number of ether oxygens (including phenoxy) is 1. The van der Waals surface area contributed by atoms with Crippen molar-refractivity contribution in [3.8, 4) is 5.75 Å². The third-order valence-electron chi connectivity index (χ3n) is 8.50. The van der Waals surface area contributed by atoms with Crippen LogP contribution in [0.3, 0.4) is 0 Å². The third kappa shape index (κ3) is 9.48. The first-order valence-electron chi connectivity index (χ1n) is 16.4. The van der Waals surface area contributed by atoms with E-state index in [1.807, 2.05) is 53.4 Å². The molecule has 1 saturated heterocycles. The van der Waals surface area contributed by atoms with Crippen LogP contribution in [0.5, 0.6) is 5.75 Å². The van der Waals surface area contributed by atoms with Gasteiger partial charge in [-0.3, -0.25) is 9.69 Å². The van der Waals surface area contributed by atoms with Gasteiger partial charge in [0, 0.05) is 56.0 Å². The molecule has 266 valence electrons. The van der Waals surface area contributed by atoms with E-state index < -0.39 is 23.8 Å². The molecule has 6 rings (SSSR count). The fourth-order valence-corrected chi connectivity index (χ4v) is 7.00. The number of β-amino-alcohol motifs (C(OH)–C–C–N with tert-alkyl or cyclic N) is 1. The summed E-state index contributed by atoms with van der Waals surface area (Å²) in [5, 5.41) is 22.5. The second-order valence-electron chi connectivity index (χ2n) is 12.1. The smallest absolute Gasteiger partial charge is 0.416 e. The molecule has 4 aromatic carbocycles. The van der Waals surface area contributed by atoms with E-state index >= 15 is 0 Å². The lowest BCUT2D eigenvalue weighted by atomic mass is 10.1. The Balaban J connectivity index is 0.000000211. The van der Waals surface area contributed by atoms with Gasteiger partial charge in [0.2, 0.25) is 5.91 Å². The van der Waals surface area contributed by atoms with Crippen molar-refractivity contribution >= 4 is 51.5 Å². The quantitative estimate of drug-likeness (QED) is 0.161. The number of aliphatic hydroxyl groups excluding tert-OH is 1. The summed E-state index contributed by atoms with van der Waals surface area (Å²) in [4.78, 5) is 30.7. The standard InChI is InChI=1S/C22H26F3N3OS.C15H15NO4/c23-22(24,25)17-6-7-21-19(16-17)28(18-4-1-2-5-20(18)30-21)9-3-8-26-10-12-27(13-11-26)14-15-29;1-9(15(18)19)20-14-8-12-6-4-3-5-11(12)7-13(14)16-10(2)17/h1-2,4-7,16,29H,3,8-15H2;3-9H,1-2H3,(H,16,17)(H,18,19). The van der Waals surface area contributed by atoms with Crippen molar-refractivity contribution in [3.63, 3.8) is 0 Å². The van der Waals surface area contributed by atoms with Crippen molar-refractivity contribution in [2.75, 3.05) is 62.6 Å². The van der Waals surface area contributed by atoms with Crippen LogP contribution in [0.15, 0.2) is 88.7 Å². The van der Waals surface area contributed by atoms with Crippen LogP contribution in [0.4, 0.5) is 30.2 Å². The van der Waals surface area contributed by atoms with Crippen LogP contribution < -0.4 is 15.0 Å². The Morgan fingerprint density at radius 1 is 0.860 bits per heavy atom. The topological polar surface area (TPSA) is 106 Å². The van der Waals surface area contributed by atoms with Crippen molar-refractivity contribution < 1.29 is 37.7 Å². The average Bonchev–Trinajstić information content (AvgIpc) is 3.08. The monoisotopic (exact) mass is 710 g/mol. The number of nitrogens with zero attached hydrogens (tertiary/aromatic N) is 3. The van der Waals surface area contributed by atoms with Gasteiger partial charge in [0.1, 0.15) is 5.75 Å². The van der Waals surface area contributed by atoms with E-state index in [4.69, 9.17) is 14.9 Å². The summed E-state index contributed by atoms with van der Waals surface area (Å²) >= 11 is 1.53. The zero-order valence-electron chi connectivity index (χ0n) is 27.9. The molecule has 4 aromatic rings. The van der Waals surface area contributed by atoms with Crippen LogP contribution in [0.2, 0.25) is 0 Å². The maximum Gasteiger partial charge on any atom is 0.416 e. The maximum absolute atomic E-state index is 13.3. The van der Waals surface area contributed by atoms with Crippen LogP contribution >= 0.6 is 11.8 Å². The Labute approximate surface area is 293 Å². The van der Waals surface area contributed by atoms with Crippen LogP contribution in [0.25, 0.3) is 10.8 Å². The molecule has 0 bridgehead atoms. The van der Waals surface area contributed by atoms with Crippen LogP contribution in [0, 0.1) is 0 Å². The molecule has 0 saturated carbocycles. The molecule has 13 heteroatoms. The molecule has 0 spiro atoms. The molecule has 1 fully saturated rings. The summed E-state index contributed by atoms with van der Waals surface area (Å²) in [7, 11) is 0. The van der Waals surface area contributed by atoms with Crippen LogP contribution in [-0.4, -0.2) is 90.4 Å². The molecule has 9 nitrogen and oxygen atoms in total. The van der Waals surface area contributed by atoms with Gasteiger partial charge in [0.05, 0.1) is 29.2 Å². The number of carboxylic acids is 1. The zero-order valence-corrected chi connectivity index (χ0v) is 28.8. The minimum absolute atomic E-state index is 0.186. The van der Waals surface area contributed by atoms with E-state index in [0.29, 0.717) is 30.2 Å². The molecule has 2 aliphatic heterocycles. The van der Waals surface area contributed by atoms with E-state index in [9.17, 15) is 22.8 Å². The molecule has 0 radical (unpaired) electrons. The molecule has 2 heterocycles. The predicted molar refractivity (Wildman–Crippen MR) is 190 cm³/mol. The van der Waals surface area contributed by atoms with Gasteiger partial charge in [-0.05, 0) is 73.1 Å². The molecule has 1 atom stereocenters. The lowest BCUT2D eigenvalue weighted by molar-refractivity contribution is -0.144. The number of halogens is 3. The largest absolute Gasteiger partial charge is 0.479 e. The number of hydrogen-bond donors (Lipinski definition) is 3. The molecule has 0 aliphatic carbocycles. The number of piperazine rings is 1. The zero-order chi connectivity index (χ0) is 35.8. The molecule has 2 aliphatic rings. The van der Waals surface area contributed by atoms with Gasteiger partial charge >= 0.3 is 12.1 Å². The van der Waals surface area contributed by atoms with Gasteiger partial charge in [-0.1, -0.05) is 48.2 Å². The van der Waals surface area contributed by atoms with Crippen molar-refractivity contribution in [2.24, 2.45) is 0 Å². The number of aliphatic carboxylic acids is 1. The number of aliphatic hydroxyl groups is 1. The summed E-state index contributed by atoms with van der Waals surface area (Å²) < 4.78 is 45.3. The second kappa shape index (κ2) is 16.6. The Morgan fingerprint density at radius 2 is 1.48 bits per heavy atom. The van der Waals surface area contributed by atoms with Gasteiger partial charge in [-0.25, -0.2) is 4.79 Å². The fraction of sp³-hybridized carbons (Fsp3) is 0.351. The Bertz CT molecular complexity index is 1800. The van der Waals surface area contributed by atoms with Gasteiger partial charge in [0.15, 0.2) is 6.10 Å². The van der Waals surface area contributed by atoms with Crippen molar-refractivity contribution in [1.29, 1.82) is 0 Å². The summed E-state index contributed by atoms with van der Waals surface area (Å²) in [6.07, 6.45) is -4.48.